The fraction of sp³-hybridized carbons (Fsp3) is 0.0556. The van der Waals surface area contributed by atoms with Crippen molar-refractivity contribution in [3.05, 3.63) is 73.5 Å². The first-order valence-corrected chi connectivity index (χ1v) is 8.96. The third-order valence-corrected chi connectivity index (χ3v) is 4.70. The maximum atomic E-state index is 13.0. The summed E-state index contributed by atoms with van der Waals surface area (Å²) in [5, 5.41) is 9.81. The molecule has 4 rings (SSSR count). The first-order valence-electron chi connectivity index (χ1n) is 8.21. The summed E-state index contributed by atoms with van der Waals surface area (Å²) in [6.07, 6.45) is 1.51. The number of imidazole rings is 1. The Bertz CT molecular complexity index is 1370. The van der Waals surface area contributed by atoms with E-state index in [0.29, 0.717) is 15.3 Å². The largest absolute Gasteiger partial charge is 0.480 e. The molecule has 29 heavy (non-hydrogen) atoms. The van der Waals surface area contributed by atoms with Crippen LogP contribution < -0.4 is 11.2 Å². The summed E-state index contributed by atoms with van der Waals surface area (Å²) in [5.74, 6) is -1.13. The van der Waals surface area contributed by atoms with Crippen LogP contribution in [0.15, 0.2) is 52.2 Å². The van der Waals surface area contributed by atoms with Crippen molar-refractivity contribution in [3.63, 3.8) is 0 Å². The highest BCUT2D eigenvalue weighted by Gasteiger charge is 2.22. The Balaban J connectivity index is 2.15. The second kappa shape index (κ2) is 7.19. The molecule has 0 saturated carbocycles. The summed E-state index contributed by atoms with van der Waals surface area (Å²) in [6, 6.07) is 9.79. The van der Waals surface area contributed by atoms with Crippen LogP contribution in [0, 0.1) is 0 Å². The van der Waals surface area contributed by atoms with Crippen LogP contribution in [-0.4, -0.2) is 35.2 Å². The molecule has 0 unspecified atom stereocenters. The second-order valence-electron chi connectivity index (χ2n) is 5.99. The average molecular weight is 432 g/mol. The third-order valence-electron chi connectivity index (χ3n) is 4.14. The van der Waals surface area contributed by atoms with E-state index in [2.05, 4.69) is 15.0 Å². The van der Waals surface area contributed by atoms with Crippen LogP contribution >= 0.6 is 23.2 Å². The molecule has 0 spiro atoms. The molecule has 0 aliphatic carbocycles. The number of H-pyrrole nitrogens is 1. The molecule has 0 aliphatic rings. The standard InChI is InChI=1S/C18H11Cl2N5O4/c19-9-3-5-10(6-4-9)25-14-15(22-16(25)13-11(20)2-1-7-21-13)23-18(29)24(17(14)28)8-12(26)27/h1-7H,8H2,(H,23,29)(H,26,27). The zero-order valence-corrected chi connectivity index (χ0v) is 16.0. The van der Waals surface area contributed by atoms with E-state index in [1.165, 1.54) is 10.8 Å². The summed E-state index contributed by atoms with van der Waals surface area (Å²) in [5.41, 5.74) is -0.959. The van der Waals surface area contributed by atoms with Gasteiger partial charge in [0.25, 0.3) is 5.56 Å². The Morgan fingerprint density at radius 1 is 1.14 bits per heavy atom. The number of carboxylic acids is 1. The Morgan fingerprint density at radius 3 is 2.52 bits per heavy atom. The lowest BCUT2D eigenvalue weighted by molar-refractivity contribution is -0.137. The average Bonchev–Trinajstić information content (AvgIpc) is 3.05. The van der Waals surface area contributed by atoms with Gasteiger partial charge >= 0.3 is 11.7 Å². The minimum Gasteiger partial charge on any atom is -0.480 e. The molecule has 1 aromatic carbocycles. The molecule has 0 saturated heterocycles. The molecule has 146 valence electrons. The number of aliphatic carboxylic acids is 1. The van der Waals surface area contributed by atoms with Gasteiger partial charge in [0.1, 0.15) is 12.2 Å². The van der Waals surface area contributed by atoms with E-state index < -0.39 is 23.8 Å². The van der Waals surface area contributed by atoms with Crippen molar-refractivity contribution in [2.45, 2.75) is 6.54 Å². The molecule has 3 heterocycles. The number of nitrogens with zero attached hydrogens (tertiary/aromatic N) is 4. The van der Waals surface area contributed by atoms with E-state index in [0.717, 1.165) is 0 Å². The molecule has 11 heteroatoms. The van der Waals surface area contributed by atoms with Gasteiger partial charge in [0, 0.05) is 16.9 Å². The minimum absolute atomic E-state index is 0.0201. The topological polar surface area (TPSA) is 123 Å². The highest BCUT2D eigenvalue weighted by atomic mass is 35.5. The van der Waals surface area contributed by atoms with Crippen LogP contribution in [0.2, 0.25) is 10.0 Å². The maximum absolute atomic E-state index is 13.0. The lowest BCUT2D eigenvalue weighted by Gasteiger charge is -2.10. The zero-order valence-electron chi connectivity index (χ0n) is 14.5. The SMILES string of the molecule is O=C(O)Cn1c(=O)[nH]c2nc(-c3ncccc3Cl)n(-c3ccc(Cl)cc3)c2c1=O. The summed E-state index contributed by atoms with van der Waals surface area (Å²) >= 11 is 12.2. The van der Waals surface area contributed by atoms with Crippen molar-refractivity contribution in [3.8, 4) is 17.2 Å². The van der Waals surface area contributed by atoms with Crippen LogP contribution in [0.4, 0.5) is 0 Å². The van der Waals surface area contributed by atoms with Crippen molar-refractivity contribution < 1.29 is 9.90 Å². The monoisotopic (exact) mass is 431 g/mol. The van der Waals surface area contributed by atoms with Crippen molar-refractivity contribution in [2.24, 2.45) is 0 Å². The fourth-order valence-electron chi connectivity index (χ4n) is 2.92. The van der Waals surface area contributed by atoms with E-state index in [-0.39, 0.29) is 27.7 Å². The van der Waals surface area contributed by atoms with Crippen molar-refractivity contribution in [1.29, 1.82) is 0 Å². The smallest absolute Gasteiger partial charge is 0.330 e. The summed E-state index contributed by atoms with van der Waals surface area (Å²) in [6.45, 7) is -0.796. The molecule has 9 nitrogen and oxygen atoms in total. The number of halogens is 2. The first-order chi connectivity index (χ1) is 13.9. The van der Waals surface area contributed by atoms with Crippen molar-refractivity contribution >= 4 is 40.3 Å². The van der Waals surface area contributed by atoms with E-state index in [9.17, 15) is 14.4 Å². The van der Waals surface area contributed by atoms with Gasteiger partial charge in [0.15, 0.2) is 17.0 Å². The van der Waals surface area contributed by atoms with Gasteiger partial charge in [-0.25, -0.2) is 14.3 Å². The molecule has 0 fully saturated rings. The number of benzene rings is 1. The van der Waals surface area contributed by atoms with Crippen LogP contribution in [0.5, 0.6) is 0 Å². The second-order valence-corrected chi connectivity index (χ2v) is 6.84. The number of rotatable bonds is 4. The van der Waals surface area contributed by atoms with Crippen molar-refractivity contribution in [2.75, 3.05) is 0 Å². The van der Waals surface area contributed by atoms with Crippen LogP contribution in [0.1, 0.15) is 0 Å². The number of hydrogen-bond acceptors (Lipinski definition) is 5. The first kappa shape index (κ1) is 18.9. The molecule has 2 N–H and O–H groups in total. The van der Waals surface area contributed by atoms with E-state index in [1.54, 1.807) is 36.4 Å². The number of hydrogen-bond donors (Lipinski definition) is 2. The molecular weight excluding hydrogens is 421 g/mol. The molecular formula is C18H11Cl2N5O4. The predicted molar refractivity (Wildman–Crippen MR) is 107 cm³/mol. The summed E-state index contributed by atoms with van der Waals surface area (Å²) in [4.78, 5) is 47.4. The number of fused-ring (bicyclic) bond motifs is 1. The van der Waals surface area contributed by atoms with Gasteiger partial charge in [-0.1, -0.05) is 23.2 Å². The number of pyridine rings is 1. The maximum Gasteiger partial charge on any atom is 0.330 e. The minimum atomic E-state index is -1.33. The van der Waals surface area contributed by atoms with Gasteiger partial charge in [-0.3, -0.25) is 24.1 Å². The molecule has 0 radical (unpaired) electrons. The quantitative estimate of drug-likeness (QED) is 0.510. The lowest BCUT2D eigenvalue weighted by atomic mass is 10.3. The van der Waals surface area contributed by atoms with Crippen molar-refractivity contribution in [1.82, 2.24) is 24.1 Å². The van der Waals surface area contributed by atoms with Crippen LogP contribution in [0.3, 0.4) is 0 Å². The van der Waals surface area contributed by atoms with Gasteiger partial charge in [-0.05, 0) is 36.4 Å². The number of carbonyl (C=O) groups is 1. The lowest BCUT2D eigenvalue weighted by Crippen LogP contribution is -2.37. The van der Waals surface area contributed by atoms with E-state index in [1.807, 2.05) is 0 Å². The molecule has 0 atom stereocenters. The molecule has 0 bridgehead atoms. The third kappa shape index (κ3) is 3.30. The molecule has 3 aromatic heterocycles. The number of aromatic nitrogens is 5. The van der Waals surface area contributed by atoms with E-state index >= 15 is 0 Å². The zero-order chi connectivity index (χ0) is 20.7. The highest BCUT2D eigenvalue weighted by molar-refractivity contribution is 6.33. The number of carboxylic acid groups (broad SMARTS) is 1. The highest BCUT2D eigenvalue weighted by Crippen LogP contribution is 2.29. The van der Waals surface area contributed by atoms with Gasteiger partial charge in [-0.2, -0.15) is 0 Å². The summed E-state index contributed by atoms with van der Waals surface area (Å²) < 4.78 is 2.04. The Labute approximate surface area is 171 Å². The number of aromatic amines is 1. The van der Waals surface area contributed by atoms with Gasteiger partial charge in [0.05, 0.1) is 5.02 Å². The summed E-state index contributed by atoms with van der Waals surface area (Å²) in [7, 11) is 0. The van der Waals surface area contributed by atoms with Gasteiger partial charge in [-0.15, -0.1) is 0 Å². The Morgan fingerprint density at radius 2 is 1.86 bits per heavy atom. The molecule has 0 amide bonds. The van der Waals surface area contributed by atoms with E-state index in [4.69, 9.17) is 28.3 Å². The molecule has 0 aliphatic heterocycles. The fourth-order valence-corrected chi connectivity index (χ4v) is 3.26. The normalized spacial score (nSPS) is 11.1. The Kier molecular flexibility index (Phi) is 4.69. The molecule has 4 aromatic rings. The Hall–Kier alpha value is -3.43. The van der Waals surface area contributed by atoms with Gasteiger partial charge < -0.3 is 5.11 Å². The number of nitrogens with one attached hydrogen (secondary N) is 1. The predicted octanol–water partition coefficient (Wildman–Crippen LogP) is 2.33. The van der Waals surface area contributed by atoms with Crippen LogP contribution in [-0.2, 0) is 11.3 Å². The van der Waals surface area contributed by atoms with Crippen LogP contribution in [0.25, 0.3) is 28.4 Å². The van der Waals surface area contributed by atoms with Gasteiger partial charge in [0.2, 0.25) is 0 Å².